The zero-order valence-corrected chi connectivity index (χ0v) is 11.7. The number of methoxy groups -OCH3 is 1. The van der Waals surface area contributed by atoms with E-state index in [9.17, 15) is 19.6 Å². The van der Waals surface area contributed by atoms with Crippen LogP contribution in [0.2, 0.25) is 0 Å². The molecule has 0 aromatic heterocycles. The summed E-state index contributed by atoms with van der Waals surface area (Å²) in [6.07, 6.45) is 0. The third-order valence-electron chi connectivity index (χ3n) is 3.23. The lowest BCUT2D eigenvalue weighted by molar-refractivity contribution is -0.138. The second-order valence-corrected chi connectivity index (χ2v) is 4.59. The first-order valence-corrected chi connectivity index (χ1v) is 6.35. The number of hydrogen-bond acceptors (Lipinski definition) is 5. The van der Waals surface area contributed by atoms with Gasteiger partial charge in [-0.05, 0) is 18.2 Å². The summed E-state index contributed by atoms with van der Waals surface area (Å²) in [5.41, 5.74) is 0.802. The summed E-state index contributed by atoms with van der Waals surface area (Å²) in [5.74, 6) is -1.78. The van der Waals surface area contributed by atoms with Crippen molar-refractivity contribution in [1.29, 1.82) is 5.26 Å². The number of nitriles is 1. The first-order chi connectivity index (χ1) is 10.5. The maximum atomic E-state index is 12.3. The van der Waals surface area contributed by atoms with E-state index in [0.29, 0.717) is 16.9 Å². The molecule has 1 aliphatic heterocycles. The minimum Gasteiger partial charge on any atom is -0.497 e. The molecule has 2 N–H and O–H groups in total. The third kappa shape index (κ3) is 2.83. The summed E-state index contributed by atoms with van der Waals surface area (Å²) in [6, 6.07) is 5.78. The minimum atomic E-state index is -1.19. The maximum absolute atomic E-state index is 12.3. The number of rotatable bonds is 5. The fraction of sp³-hybridized carbons (Fsp3) is 0.286. The lowest BCUT2D eigenvalue weighted by Gasteiger charge is -2.19. The number of ether oxygens (including phenoxy) is 1. The summed E-state index contributed by atoms with van der Waals surface area (Å²) >= 11 is 0. The van der Waals surface area contributed by atoms with Gasteiger partial charge in [0, 0.05) is 11.1 Å². The van der Waals surface area contributed by atoms with Crippen LogP contribution in [0.4, 0.5) is 0 Å². The molecule has 1 heterocycles. The van der Waals surface area contributed by atoms with Crippen molar-refractivity contribution in [2.45, 2.75) is 6.04 Å². The summed E-state index contributed by atoms with van der Waals surface area (Å²) in [4.78, 5) is 35.5. The van der Waals surface area contributed by atoms with E-state index in [4.69, 9.17) is 9.84 Å². The molecule has 1 unspecified atom stereocenters. The van der Waals surface area contributed by atoms with Gasteiger partial charge in [-0.15, -0.1) is 0 Å². The molecule has 1 aliphatic rings. The molecule has 0 saturated heterocycles. The predicted octanol–water partition coefficient (Wildman–Crippen LogP) is -0.0835. The Kier molecular flexibility index (Phi) is 4.27. The fourth-order valence-corrected chi connectivity index (χ4v) is 2.22. The van der Waals surface area contributed by atoms with Gasteiger partial charge in [0.1, 0.15) is 24.9 Å². The molecule has 8 nitrogen and oxygen atoms in total. The van der Waals surface area contributed by atoms with Gasteiger partial charge in [0.15, 0.2) is 0 Å². The van der Waals surface area contributed by atoms with Gasteiger partial charge in [0.2, 0.25) is 5.91 Å². The van der Waals surface area contributed by atoms with Crippen molar-refractivity contribution < 1.29 is 24.2 Å². The van der Waals surface area contributed by atoms with Crippen molar-refractivity contribution in [1.82, 2.24) is 10.2 Å². The normalized spacial score (nSPS) is 15.9. The quantitative estimate of drug-likeness (QED) is 0.785. The lowest BCUT2D eigenvalue weighted by Crippen LogP contribution is -2.40. The number of carbonyl (C=O) groups excluding carboxylic acids is 2. The number of nitrogens with one attached hydrogen (secondary N) is 1. The van der Waals surface area contributed by atoms with Crippen molar-refractivity contribution in [3.8, 4) is 11.8 Å². The largest absolute Gasteiger partial charge is 0.497 e. The molecule has 0 fully saturated rings. The highest BCUT2D eigenvalue weighted by Gasteiger charge is 2.38. The van der Waals surface area contributed by atoms with Gasteiger partial charge in [-0.25, -0.2) is 0 Å². The van der Waals surface area contributed by atoms with E-state index in [-0.39, 0.29) is 6.54 Å². The average molecular weight is 303 g/mol. The van der Waals surface area contributed by atoms with Crippen LogP contribution in [-0.4, -0.2) is 48.0 Å². The van der Waals surface area contributed by atoms with Crippen LogP contribution in [0.25, 0.3) is 0 Å². The number of carboxylic acid groups (broad SMARTS) is 1. The van der Waals surface area contributed by atoms with Crippen LogP contribution in [0.1, 0.15) is 22.0 Å². The Morgan fingerprint density at radius 2 is 2.23 bits per heavy atom. The van der Waals surface area contributed by atoms with Crippen molar-refractivity contribution in [2.24, 2.45) is 0 Å². The van der Waals surface area contributed by atoms with Crippen LogP contribution < -0.4 is 10.1 Å². The monoisotopic (exact) mass is 303 g/mol. The van der Waals surface area contributed by atoms with Crippen LogP contribution in [0.15, 0.2) is 18.2 Å². The van der Waals surface area contributed by atoms with Gasteiger partial charge in [0.25, 0.3) is 5.91 Å². The number of hydrogen-bond donors (Lipinski definition) is 2. The van der Waals surface area contributed by atoms with E-state index in [2.05, 4.69) is 5.32 Å². The smallest absolute Gasteiger partial charge is 0.322 e. The molecule has 2 amide bonds. The van der Waals surface area contributed by atoms with Crippen LogP contribution in [0.3, 0.4) is 0 Å². The molecule has 8 heteroatoms. The Balaban J connectivity index is 2.20. The Morgan fingerprint density at radius 3 is 2.82 bits per heavy atom. The van der Waals surface area contributed by atoms with Crippen LogP contribution in [0, 0.1) is 11.3 Å². The standard InChI is InChI=1S/C14H13N3O5/c1-22-8-2-3-9-10(4-8)11(5-15)17(14(9)21)7-12(18)16-6-13(19)20/h2-4,11H,6-7H2,1H3,(H,16,18)(H,19,20). The van der Waals surface area contributed by atoms with Gasteiger partial charge in [-0.2, -0.15) is 5.26 Å². The van der Waals surface area contributed by atoms with Crippen molar-refractivity contribution in [3.05, 3.63) is 29.3 Å². The molecule has 1 aromatic carbocycles. The number of carbonyl (C=O) groups is 3. The zero-order chi connectivity index (χ0) is 16.3. The van der Waals surface area contributed by atoms with E-state index in [1.54, 1.807) is 12.1 Å². The molecule has 1 atom stereocenters. The second-order valence-electron chi connectivity index (χ2n) is 4.59. The molecule has 1 aromatic rings. The SMILES string of the molecule is COc1ccc2c(c1)C(C#N)N(CC(=O)NCC(=O)O)C2=O. The number of carboxylic acids is 1. The van der Waals surface area contributed by atoms with Crippen LogP contribution >= 0.6 is 0 Å². The highest BCUT2D eigenvalue weighted by Crippen LogP contribution is 2.35. The predicted molar refractivity (Wildman–Crippen MR) is 73.0 cm³/mol. The molecule has 0 saturated carbocycles. The van der Waals surface area contributed by atoms with Gasteiger partial charge in [-0.1, -0.05) is 0 Å². The van der Waals surface area contributed by atoms with Gasteiger partial charge in [0.05, 0.1) is 13.2 Å². The first kappa shape index (κ1) is 15.3. The summed E-state index contributed by atoms with van der Waals surface area (Å²) in [7, 11) is 1.47. The second kappa shape index (κ2) is 6.13. The molecule has 0 aliphatic carbocycles. The number of benzene rings is 1. The van der Waals surface area contributed by atoms with E-state index < -0.39 is 30.4 Å². The number of nitrogens with zero attached hydrogens (tertiary/aromatic N) is 2. The maximum Gasteiger partial charge on any atom is 0.322 e. The number of fused-ring (bicyclic) bond motifs is 1. The van der Waals surface area contributed by atoms with Crippen LogP contribution in [0.5, 0.6) is 5.75 Å². The van der Waals surface area contributed by atoms with E-state index in [1.165, 1.54) is 13.2 Å². The van der Waals surface area contributed by atoms with E-state index >= 15 is 0 Å². The molecule has 114 valence electrons. The Labute approximate surface area is 125 Å². The molecule has 0 bridgehead atoms. The van der Waals surface area contributed by atoms with E-state index in [1.807, 2.05) is 6.07 Å². The topological polar surface area (TPSA) is 120 Å². The molecule has 2 rings (SSSR count). The van der Waals surface area contributed by atoms with E-state index in [0.717, 1.165) is 4.90 Å². The van der Waals surface area contributed by atoms with Crippen molar-refractivity contribution >= 4 is 17.8 Å². The summed E-state index contributed by atoms with van der Waals surface area (Å²) < 4.78 is 5.07. The van der Waals surface area contributed by atoms with Crippen molar-refractivity contribution in [2.75, 3.05) is 20.2 Å². The van der Waals surface area contributed by atoms with Crippen LogP contribution in [-0.2, 0) is 9.59 Å². The Morgan fingerprint density at radius 1 is 1.50 bits per heavy atom. The number of aliphatic carboxylic acids is 1. The van der Waals surface area contributed by atoms with Crippen molar-refractivity contribution in [3.63, 3.8) is 0 Å². The molecular formula is C14H13N3O5. The van der Waals surface area contributed by atoms with Gasteiger partial charge < -0.3 is 20.1 Å². The van der Waals surface area contributed by atoms with Gasteiger partial charge in [-0.3, -0.25) is 14.4 Å². The average Bonchev–Trinajstić information content (AvgIpc) is 2.76. The molecule has 22 heavy (non-hydrogen) atoms. The molecule has 0 spiro atoms. The lowest BCUT2D eigenvalue weighted by atomic mass is 10.1. The minimum absolute atomic E-state index is 0.332. The van der Waals surface area contributed by atoms with Gasteiger partial charge >= 0.3 is 5.97 Å². The third-order valence-corrected chi connectivity index (χ3v) is 3.23. The number of amides is 2. The Bertz CT molecular complexity index is 680. The highest BCUT2D eigenvalue weighted by molar-refractivity contribution is 6.01. The molecule has 0 radical (unpaired) electrons. The zero-order valence-electron chi connectivity index (χ0n) is 11.7. The molecular weight excluding hydrogens is 290 g/mol. The summed E-state index contributed by atoms with van der Waals surface area (Å²) in [6.45, 7) is -0.930. The summed E-state index contributed by atoms with van der Waals surface area (Å²) in [5, 5.41) is 20.0. The fourth-order valence-electron chi connectivity index (χ4n) is 2.22. The first-order valence-electron chi connectivity index (χ1n) is 6.35. The Hall–Kier alpha value is -3.08. The highest BCUT2D eigenvalue weighted by atomic mass is 16.5.